The van der Waals surface area contributed by atoms with E-state index in [-0.39, 0.29) is 24.0 Å². The molecular formula is C23H35FO5. The zero-order valence-corrected chi connectivity index (χ0v) is 18.0. The minimum atomic E-state index is -1.84. The van der Waals surface area contributed by atoms with E-state index in [1.807, 2.05) is 20.8 Å². The Morgan fingerprint density at radius 1 is 1.10 bits per heavy atom. The highest BCUT2D eigenvalue weighted by Crippen LogP contribution is 2.73. The number of rotatable bonds is 2. The molecule has 0 amide bonds. The summed E-state index contributed by atoms with van der Waals surface area (Å²) >= 11 is 0. The summed E-state index contributed by atoms with van der Waals surface area (Å²) in [6.07, 6.45) is 1.56. The van der Waals surface area contributed by atoms with Crippen molar-refractivity contribution in [1.82, 2.24) is 0 Å². The maximum Gasteiger partial charge on any atom is 0.190 e. The van der Waals surface area contributed by atoms with Crippen LogP contribution >= 0.6 is 0 Å². The van der Waals surface area contributed by atoms with Crippen molar-refractivity contribution in [2.75, 3.05) is 6.61 Å². The third-order valence-corrected chi connectivity index (χ3v) is 10.0. The van der Waals surface area contributed by atoms with Crippen LogP contribution in [-0.4, -0.2) is 50.9 Å². The molecule has 4 aliphatic rings. The van der Waals surface area contributed by atoms with Crippen LogP contribution in [0.15, 0.2) is 0 Å². The zero-order chi connectivity index (χ0) is 21.6. The Balaban J connectivity index is 1.82. The van der Waals surface area contributed by atoms with Crippen LogP contribution in [0, 0.1) is 34.0 Å². The number of halogens is 1. The van der Waals surface area contributed by atoms with Crippen LogP contribution in [0.1, 0.15) is 72.6 Å². The highest BCUT2D eigenvalue weighted by molar-refractivity contribution is 5.90. The molecule has 0 spiro atoms. The highest BCUT2D eigenvalue weighted by Gasteiger charge is 2.78. The minimum Gasteiger partial charge on any atom is -0.390 e. The number of hydrogen-bond donors (Lipinski definition) is 3. The van der Waals surface area contributed by atoms with Crippen molar-refractivity contribution in [2.45, 2.75) is 90.0 Å². The molecule has 8 atom stereocenters. The van der Waals surface area contributed by atoms with Gasteiger partial charge in [-0.05, 0) is 49.9 Å². The largest absolute Gasteiger partial charge is 0.390 e. The Kier molecular flexibility index (Phi) is 4.50. The van der Waals surface area contributed by atoms with Crippen molar-refractivity contribution >= 4 is 11.6 Å². The quantitative estimate of drug-likeness (QED) is 0.650. The molecule has 4 aliphatic carbocycles. The van der Waals surface area contributed by atoms with Gasteiger partial charge in [0.1, 0.15) is 23.7 Å². The Morgan fingerprint density at radius 3 is 2.38 bits per heavy atom. The molecule has 1 unspecified atom stereocenters. The lowest BCUT2D eigenvalue weighted by molar-refractivity contribution is -0.256. The van der Waals surface area contributed by atoms with E-state index in [0.717, 1.165) is 6.42 Å². The SMILES string of the molecule is CC1(C)C[C@H]2[C@@H]3CCC4CC(=O)CC[C@]4(C)[C@@]3(F)[C@@H](O)C[C@]2(C)[C@@]1(O)C(=O)CO. The van der Waals surface area contributed by atoms with E-state index in [0.29, 0.717) is 32.1 Å². The average Bonchev–Trinajstić information content (AvgIpc) is 2.81. The summed E-state index contributed by atoms with van der Waals surface area (Å²) in [5.41, 5.74) is -6.29. The standard InChI is InChI=1S/C23H35FO5/c1-19(2)10-16-15-6-5-13-9-14(26)7-8-20(13,3)22(15,24)17(27)11-21(16,4)23(19,29)18(28)12-25/h13,15-17,25,27,29H,5-12H2,1-4H3/t13?,15-,16-,17-,20-,21-,22-,23+/m0/s1. The number of hydrogen-bond acceptors (Lipinski definition) is 5. The summed E-state index contributed by atoms with van der Waals surface area (Å²) in [7, 11) is 0. The van der Waals surface area contributed by atoms with Crippen LogP contribution in [-0.2, 0) is 9.59 Å². The number of fused-ring (bicyclic) bond motifs is 5. The van der Waals surface area contributed by atoms with Gasteiger partial charge in [0.25, 0.3) is 0 Å². The summed E-state index contributed by atoms with van der Waals surface area (Å²) in [5, 5.41) is 32.5. The summed E-state index contributed by atoms with van der Waals surface area (Å²) in [6.45, 7) is 6.53. The first kappa shape index (κ1) is 21.4. The van der Waals surface area contributed by atoms with E-state index in [4.69, 9.17) is 0 Å². The topological polar surface area (TPSA) is 94.8 Å². The molecular weight excluding hydrogens is 375 g/mol. The van der Waals surface area contributed by atoms with Crippen LogP contribution in [0.25, 0.3) is 0 Å². The monoisotopic (exact) mass is 410 g/mol. The maximum absolute atomic E-state index is 17.1. The van der Waals surface area contributed by atoms with E-state index < -0.39 is 51.9 Å². The van der Waals surface area contributed by atoms with E-state index >= 15 is 4.39 Å². The van der Waals surface area contributed by atoms with Gasteiger partial charge in [-0.2, -0.15) is 0 Å². The molecule has 0 aromatic heterocycles. The van der Waals surface area contributed by atoms with Crippen molar-refractivity contribution < 1.29 is 29.3 Å². The molecule has 0 saturated heterocycles. The normalized spacial score (nSPS) is 53.7. The number of carbonyl (C=O) groups is 2. The molecule has 0 heterocycles. The van der Waals surface area contributed by atoms with Gasteiger partial charge in [-0.1, -0.05) is 27.7 Å². The van der Waals surface area contributed by atoms with Gasteiger partial charge < -0.3 is 15.3 Å². The van der Waals surface area contributed by atoms with E-state index in [1.165, 1.54) is 0 Å². The molecule has 5 nitrogen and oxygen atoms in total. The molecule has 164 valence electrons. The Labute approximate surface area is 172 Å². The minimum absolute atomic E-state index is 0.0212. The molecule has 4 saturated carbocycles. The van der Waals surface area contributed by atoms with Crippen LogP contribution in [0.5, 0.6) is 0 Å². The second-order valence-corrected chi connectivity index (χ2v) is 11.4. The molecule has 0 radical (unpaired) electrons. The molecule has 0 aliphatic heterocycles. The third-order valence-electron chi connectivity index (χ3n) is 10.0. The van der Waals surface area contributed by atoms with Gasteiger partial charge in [-0.3, -0.25) is 9.59 Å². The van der Waals surface area contributed by atoms with Gasteiger partial charge in [-0.25, -0.2) is 4.39 Å². The maximum atomic E-state index is 17.1. The summed E-state index contributed by atoms with van der Waals surface area (Å²) < 4.78 is 17.1. The fourth-order valence-electron chi connectivity index (χ4n) is 8.48. The van der Waals surface area contributed by atoms with Crippen molar-refractivity contribution in [3.8, 4) is 0 Å². The Morgan fingerprint density at radius 2 is 1.76 bits per heavy atom. The van der Waals surface area contributed by atoms with Gasteiger partial charge in [0.15, 0.2) is 5.78 Å². The number of alkyl halides is 1. The van der Waals surface area contributed by atoms with Crippen molar-refractivity contribution in [1.29, 1.82) is 0 Å². The smallest absolute Gasteiger partial charge is 0.190 e. The second-order valence-electron chi connectivity index (χ2n) is 11.4. The zero-order valence-electron chi connectivity index (χ0n) is 18.0. The average molecular weight is 411 g/mol. The number of Topliss-reactive ketones (excluding diaryl/α,β-unsaturated/α-hetero) is 2. The summed E-state index contributed by atoms with van der Waals surface area (Å²) in [5.74, 6) is -1.30. The summed E-state index contributed by atoms with van der Waals surface area (Å²) in [4.78, 5) is 24.8. The molecule has 4 fully saturated rings. The van der Waals surface area contributed by atoms with Gasteiger partial charge >= 0.3 is 0 Å². The Bertz CT molecular complexity index is 752. The van der Waals surface area contributed by atoms with Crippen molar-refractivity contribution in [3.63, 3.8) is 0 Å². The highest BCUT2D eigenvalue weighted by atomic mass is 19.1. The molecule has 29 heavy (non-hydrogen) atoms. The van der Waals surface area contributed by atoms with Gasteiger partial charge in [-0.15, -0.1) is 0 Å². The fourth-order valence-corrected chi connectivity index (χ4v) is 8.48. The van der Waals surface area contributed by atoms with E-state index in [9.17, 15) is 24.9 Å². The van der Waals surface area contributed by atoms with Crippen LogP contribution < -0.4 is 0 Å². The first-order valence-corrected chi connectivity index (χ1v) is 11.0. The first-order chi connectivity index (χ1) is 13.3. The molecule has 4 rings (SSSR count). The lowest BCUT2D eigenvalue weighted by Gasteiger charge is -2.65. The predicted octanol–water partition coefficient (Wildman–Crippen LogP) is 2.59. The van der Waals surface area contributed by atoms with E-state index in [2.05, 4.69) is 0 Å². The lowest BCUT2D eigenvalue weighted by Crippen LogP contribution is -2.71. The van der Waals surface area contributed by atoms with Crippen LogP contribution in [0.3, 0.4) is 0 Å². The Hall–Kier alpha value is -0.850. The molecule has 3 N–H and O–H groups in total. The number of aliphatic hydroxyl groups excluding tert-OH is 2. The fraction of sp³-hybridized carbons (Fsp3) is 0.913. The number of ketones is 2. The number of aliphatic hydroxyl groups is 3. The van der Waals surface area contributed by atoms with Crippen LogP contribution in [0.4, 0.5) is 4.39 Å². The van der Waals surface area contributed by atoms with Crippen LogP contribution in [0.2, 0.25) is 0 Å². The molecule has 0 aromatic carbocycles. The van der Waals surface area contributed by atoms with E-state index in [1.54, 1.807) is 6.92 Å². The third kappa shape index (κ3) is 2.26. The van der Waals surface area contributed by atoms with Gasteiger partial charge in [0, 0.05) is 29.1 Å². The number of carbonyl (C=O) groups excluding carboxylic acids is 2. The predicted molar refractivity (Wildman–Crippen MR) is 105 cm³/mol. The summed E-state index contributed by atoms with van der Waals surface area (Å²) in [6, 6.07) is 0. The molecule has 6 heteroatoms. The van der Waals surface area contributed by atoms with Gasteiger partial charge in [0.05, 0.1) is 6.10 Å². The van der Waals surface area contributed by atoms with Gasteiger partial charge in [0.2, 0.25) is 0 Å². The molecule has 0 aromatic rings. The first-order valence-electron chi connectivity index (χ1n) is 11.0. The van der Waals surface area contributed by atoms with Crippen molar-refractivity contribution in [3.05, 3.63) is 0 Å². The van der Waals surface area contributed by atoms with Crippen molar-refractivity contribution in [2.24, 2.45) is 34.0 Å². The second kappa shape index (κ2) is 6.10. The molecule has 0 bridgehead atoms. The lowest BCUT2D eigenvalue weighted by atomic mass is 9.42.